The van der Waals surface area contributed by atoms with Gasteiger partial charge >= 0.3 is 39.5 Å². The summed E-state index contributed by atoms with van der Waals surface area (Å²) >= 11 is 0. The summed E-state index contributed by atoms with van der Waals surface area (Å²) in [5.74, 6) is 0.230. The highest BCUT2D eigenvalue weighted by atomic mass is 31.2. The number of carbonyl (C=O) groups excluding carboxylic acids is 4. The molecule has 0 aromatic rings. The molecule has 3 N–H and O–H groups in total. The van der Waals surface area contributed by atoms with Crippen LogP contribution in [0.5, 0.6) is 0 Å². The summed E-state index contributed by atoms with van der Waals surface area (Å²) in [5.41, 5.74) is 0. The third-order valence-electron chi connectivity index (χ3n) is 21.1. The lowest BCUT2D eigenvalue weighted by Gasteiger charge is -2.21. The normalized spacial score (nSPS) is 14.4. The topological polar surface area (TPSA) is 237 Å². The van der Waals surface area contributed by atoms with Gasteiger partial charge in [0.2, 0.25) is 0 Å². The molecule has 19 heteroatoms. The van der Waals surface area contributed by atoms with Gasteiger partial charge in [-0.15, -0.1) is 0 Å². The van der Waals surface area contributed by atoms with E-state index >= 15 is 0 Å². The highest BCUT2D eigenvalue weighted by molar-refractivity contribution is 7.47. The van der Waals surface area contributed by atoms with Gasteiger partial charge in [0, 0.05) is 25.7 Å². The Bertz CT molecular complexity index is 2050. The molecule has 0 fully saturated rings. The second-order valence-electron chi connectivity index (χ2n) is 32.2. The number of hydrogen-bond acceptors (Lipinski definition) is 15. The van der Waals surface area contributed by atoms with E-state index in [9.17, 15) is 43.2 Å². The van der Waals surface area contributed by atoms with Crippen LogP contribution in [-0.2, 0) is 65.4 Å². The van der Waals surface area contributed by atoms with Crippen LogP contribution in [0.4, 0.5) is 0 Å². The Morgan fingerprint density at radius 3 is 0.717 bits per heavy atom. The first-order chi connectivity index (χ1) is 51.3. The molecule has 4 unspecified atom stereocenters. The Morgan fingerprint density at radius 1 is 0.274 bits per heavy atom. The lowest BCUT2D eigenvalue weighted by molar-refractivity contribution is -0.161. The number of rotatable bonds is 85. The third-order valence-corrected chi connectivity index (χ3v) is 23.0. The molecule has 0 aliphatic heterocycles. The Hall–Kier alpha value is -1.94. The highest BCUT2D eigenvalue weighted by Gasteiger charge is 2.31. The number of phosphoric acid groups is 2. The van der Waals surface area contributed by atoms with Crippen LogP contribution in [0, 0.1) is 17.8 Å². The second-order valence-corrected chi connectivity index (χ2v) is 35.1. The first kappa shape index (κ1) is 104. The number of aliphatic hydroxyl groups excluding tert-OH is 1. The van der Waals surface area contributed by atoms with Crippen molar-refractivity contribution in [3.8, 4) is 0 Å². The van der Waals surface area contributed by atoms with Gasteiger partial charge in [0.1, 0.15) is 19.3 Å². The van der Waals surface area contributed by atoms with Crippen molar-refractivity contribution in [3.05, 3.63) is 0 Å². The molecule has 630 valence electrons. The quantitative estimate of drug-likeness (QED) is 0.0222. The van der Waals surface area contributed by atoms with E-state index in [0.29, 0.717) is 25.7 Å². The van der Waals surface area contributed by atoms with Crippen molar-refractivity contribution in [1.82, 2.24) is 0 Å². The fourth-order valence-corrected chi connectivity index (χ4v) is 15.1. The molecule has 0 aromatic carbocycles. The van der Waals surface area contributed by atoms with Crippen molar-refractivity contribution in [2.45, 2.75) is 478 Å². The minimum Gasteiger partial charge on any atom is -0.462 e. The number of carbonyl (C=O) groups is 4. The van der Waals surface area contributed by atoms with Crippen molar-refractivity contribution >= 4 is 39.5 Å². The minimum absolute atomic E-state index is 0.105. The van der Waals surface area contributed by atoms with E-state index in [-0.39, 0.29) is 25.7 Å². The van der Waals surface area contributed by atoms with E-state index in [1.54, 1.807) is 0 Å². The van der Waals surface area contributed by atoms with E-state index < -0.39 is 97.5 Å². The molecule has 0 amide bonds. The maximum Gasteiger partial charge on any atom is 0.472 e. The standard InChI is InChI=1S/C87H170O17P2/c1-8-11-12-13-14-15-16-17-18-19-20-21-22-23-27-30-33-36-41-46-54-61-68-84(89)97-74-82(103-86(91)70-63-56-47-42-37-34-31-28-25-24-26-29-32-35-40-45-52-59-66-79(6)9-2)76-101-105(93,94)99-72-81(88)73-100-106(95,96)102-77-83(75-98-85(90)69-62-55-50-49-53-60-67-80(7)10-3)104-87(92)71-64-57-48-43-38-39-44-51-58-65-78(4)5/h78-83,88H,8-77H2,1-7H3,(H,93,94)(H,95,96)/t79?,80?,81-,82-,83-/m1/s1. The van der Waals surface area contributed by atoms with Crippen LogP contribution >= 0.6 is 15.6 Å². The Morgan fingerprint density at radius 2 is 0.481 bits per heavy atom. The van der Waals surface area contributed by atoms with Crippen molar-refractivity contribution in [3.63, 3.8) is 0 Å². The minimum atomic E-state index is -4.97. The van der Waals surface area contributed by atoms with Crippen molar-refractivity contribution in [2.24, 2.45) is 17.8 Å². The van der Waals surface area contributed by atoms with Crippen LogP contribution in [-0.4, -0.2) is 96.7 Å². The van der Waals surface area contributed by atoms with E-state index in [2.05, 4.69) is 48.5 Å². The fraction of sp³-hybridized carbons (Fsp3) is 0.954. The molecule has 0 saturated carbocycles. The van der Waals surface area contributed by atoms with E-state index in [4.69, 9.17) is 37.0 Å². The van der Waals surface area contributed by atoms with Gasteiger partial charge in [-0.05, 0) is 43.4 Å². The molecule has 0 heterocycles. The number of unbranched alkanes of at least 4 members (excludes halogenated alkanes) is 51. The van der Waals surface area contributed by atoms with Gasteiger partial charge in [0.05, 0.1) is 26.4 Å². The molecule has 0 radical (unpaired) electrons. The van der Waals surface area contributed by atoms with Crippen LogP contribution in [0.25, 0.3) is 0 Å². The Balaban J connectivity index is 5.19. The SMILES string of the molecule is CCCCCCCCCCCCCCCCCCCCCCCCC(=O)OC[C@H](COP(=O)(O)OC[C@@H](O)COP(=O)(O)OC[C@@H](COC(=O)CCCCCCCCC(C)CC)OC(=O)CCCCCCCCCCCC(C)C)OC(=O)CCCCCCCCCCCCCCCCCCCCC(C)CC. The summed E-state index contributed by atoms with van der Waals surface area (Å²) in [6.07, 6.45) is 68.3. The molecule has 106 heavy (non-hydrogen) atoms. The number of aliphatic hydroxyl groups is 1. The first-order valence-corrected chi connectivity index (χ1v) is 47.9. The summed E-state index contributed by atoms with van der Waals surface area (Å²) in [5, 5.41) is 10.7. The Kier molecular flexibility index (Phi) is 75.6. The zero-order valence-electron chi connectivity index (χ0n) is 69.9. The van der Waals surface area contributed by atoms with E-state index in [1.807, 2.05) is 0 Å². The largest absolute Gasteiger partial charge is 0.472 e. The zero-order valence-corrected chi connectivity index (χ0v) is 71.7. The summed E-state index contributed by atoms with van der Waals surface area (Å²) in [4.78, 5) is 73.2. The van der Waals surface area contributed by atoms with Gasteiger partial charge in [-0.25, -0.2) is 9.13 Å². The van der Waals surface area contributed by atoms with Crippen LogP contribution in [0.15, 0.2) is 0 Å². The van der Waals surface area contributed by atoms with Crippen LogP contribution in [0.2, 0.25) is 0 Å². The van der Waals surface area contributed by atoms with Gasteiger partial charge in [-0.3, -0.25) is 37.3 Å². The van der Waals surface area contributed by atoms with Crippen molar-refractivity contribution < 1.29 is 80.2 Å². The summed E-state index contributed by atoms with van der Waals surface area (Å²) in [6.45, 7) is 12.0. The van der Waals surface area contributed by atoms with Crippen LogP contribution in [0.1, 0.15) is 459 Å². The third kappa shape index (κ3) is 77.4. The summed E-state index contributed by atoms with van der Waals surface area (Å²) < 4.78 is 68.8. The van der Waals surface area contributed by atoms with Crippen molar-refractivity contribution in [1.29, 1.82) is 0 Å². The molecule has 0 aliphatic rings. The molecule has 0 spiro atoms. The molecule has 0 bridgehead atoms. The van der Waals surface area contributed by atoms with Gasteiger partial charge in [0.15, 0.2) is 12.2 Å². The van der Waals surface area contributed by atoms with Crippen LogP contribution in [0.3, 0.4) is 0 Å². The molecule has 0 aromatic heterocycles. The number of phosphoric ester groups is 2. The summed E-state index contributed by atoms with van der Waals surface area (Å²) in [6, 6.07) is 0. The molecule has 0 saturated heterocycles. The number of hydrogen-bond donors (Lipinski definition) is 3. The molecule has 0 aliphatic carbocycles. The van der Waals surface area contributed by atoms with Crippen LogP contribution < -0.4 is 0 Å². The molecular weight excluding hydrogens is 1380 g/mol. The second kappa shape index (κ2) is 77.0. The van der Waals surface area contributed by atoms with Gasteiger partial charge in [-0.2, -0.15) is 0 Å². The zero-order chi connectivity index (χ0) is 77.9. The van der Waals surface area contributed by atoms with E-state index in [1.165, 1.54) is 263 Å². The average Bonchev–Trinajstić information content (AvgIpc) is 0.902. The molecular formula is C87H170O17P2. The number of esters is 4. The predicted octanol–water partition coefficient (Wildman–Crippen LogP) is 26.5. The number of ether oxygens (including phenoxy) is 4. The Labute approximate surface area is 651 Å². The lowest BCUT2D eigenvalue weighted by atomic mass is 9.99. The lowest BCUT2D eigenvalue weighted by Crippen LogP contribution is -2.30. The molecule has 7 atom stereocenters. The highest BCUT2D eigenvalue weighted by Crippen LogP contribution is 2.45. The average molecular weight is 1550 g/mol. The maximum atomic E-state index is 13.2. The first-order valence-electron chi connectivity index (χ1n) is 44.9. The van der Waals surface area contributed by atoms with Gasteiger partial charge in [0.25, 0.3) is 0 Å². The van der Waals surface area contributed by atoms with Gasteiger partial charge < -0.3 is 33.8 Å². The fourth-order valence-electron chi connectivity index (χ4n) is 13.5. The predicted molar refractivity (Wildman–Crippen MR) is 437 cm³/mol. The van der Waals surface area contributed by atoms with Gasteiger partial charge in [-0.1, -0.05) is 408 Å². The summed E-state index contributed by atoms with van der Waals surface area (Å²) in [7, 11) is -9.93. The smallest absolute Gasteiger partial charge is 0.462 e. The van der Waals surface area contributed by atoms with E-state index in [0.717, 1.165) is 114 Å². The molecule has 0 rings (SSSR count). The maximum absolute atomic E-state index is 13.2. The monoisotopic (exact) mass is 1550 g/mol. The molecule has 17 nitrogen and oxygen atoms in total. The van der Waals surface area contributed by atoms with Crippen molar-refractivity contribution in [2.75, 3.05) is 39.6 Å².